The normalized spacial score (nSPS) is 12.0. The van der Waals surface area contributed by atoms with Crippen LogP contribution in [0.25, 0.3) is 0 Å². The largest absolute Gasteiger partial charge is 0.508 e. The molecule has 0 aliphatic carbocycles. The molecule has 5 nitrogen and oxygen atoms in total. The average molecular weight is 370 g/mol. The summed E-state index contributed by atoms with van der Waals surface area (Å²) in [5, 5.41) is 12.9. The van der Waals surface area contributed by atoms with Crippen molar-refractivity contribution in [2.75, 3.05) is 26.7 Å². The SMILES string of the molecule is CCN(CC)C(CNC(=O)CCc1ccccc1O)c1cccc(OC)c1. The second kappa shape index (κ2) is 10.6. The van der Waals surface area contributed by atoms with Gasteiger partial charge in [-0.1, -0.05) is 44.2 Å². The Morgan fingerprint density at radius 2 is 1.89 bits per heavy atom. The van der Waals surface area contributed by atoms with Crippen LogP contribution in [0.15, 0.2) is 48.5 Å². The number of methoxy groups -OCH3 is 1. The highest BCUT2D eigenvalue weighted by atomic mass is 16.5. The smallest absolute Gasteiger partial charge is 0.220 e. The number of carbonyl (C=O) groups excluding carboxylic acids is 1. The van der Waals surface area contributed by atoms with Gasteiger partial charge in [0.1, 0.15) is 11.5 Å². The van der Waals surface area contributed by atoms with E-state index < -0.39 is 0 Å². The zero-order valence-electron chi connectivity index (χ0n) is 16.4. The van der Waals surface area contributed by atoms with Crippen LogP contribution in [0.2, 0.25) is 0 Å². The Labute approximate surface area is 162 Å². The molecule has 2 aromatic rings. The van der Waals surface area contributed by atoms with E-state index in [2.05, 4.69) is 30.1 Å². The molecule has 0 fully saturated rings. The summed E-state index contributed by atoms with van der Waals surface area (Å²) in [6.45, 7) is 6.57. The third kappa shape index (κ3) is 6.00. The van der Waals surface area contributed by atoms with Gasteiger partial charge in [0.2, 0.25) is 5.91 Å². The second-order valence-electron chi connectivity index (χ2n) is 6.45. The molecular formula is C22H30N2O3. The van der Waals surface area contributed by atoms with Crippen LogP contribution in [0, 0.1) is 0 Å². The number of nitrogens with one attached hydrogen (secondary N) is 1. The summed E-state index contributed by atoms with van der Waals surface area (Å²) in [5.74, 6) is 1.04. The van der Waals surface area contributed by atoms with Gasteiger partial charge >= 0.3 is 0 Å². The summed E-state index contributed by atoms with van der Waals surface area (Å²) in [7, 11) is 1.66. The molecule has 27 heavy (non-hydrogen) atoms. The first kappa shape index (κ1) is 20.8. The molecule has 0 aliphatic rings. The molecule has 5 heteroatoms. The predicted octanol–water partition coefficient (Wildman–Crippen LogP) is 3.53. The number of nitrogens with zero attached hydrogens (tertiary/aromatic N) is 1. The minimum atomic E-state index is -0.0155. The van der Waals surface area contributed by atoms with E-state index >= 15 is 0 Å². The first-order chi connectivity index (χ1) is 13.1. The number of para-hydroxylation sites is 1. The number of carbonyl (C=O) groups is 1. The molecule has 146 valence electrons. The lowest BCUT2D eigenvalue weighted by molar-refractivity contribution is -0.121. The Kier molecular flexibility index (Phi) is 8.14. The topological polar surface area (TPSA) is 61.8 Å². The van der Waals surface area contributed by atoms with Gasteiger partial charge in [-0.3, -0.25) is 9.69 Å². The van der Waals surface area contributed by atoms with Gasteiger partial charge in [-0.05, 0) is 48.8 Å². The highest BCUT2D eigenvalue weighted by Gasteiger charge is 2.19. The minimum Gasteiger partial charge on any atom is -0.508 e. The monoisotopic (exact) mass is 370 g/mol. The van der Waals surface area contributed by atoms with Crippen molar-refractivity contribution < 1.29 is 14.6 Å². The van der Waals surface area contributed by atoms with Crippen LogP contribution in [0.3, 0.4) is 0 Å². The van der Waals surface area contributed by atoms with Crippen LogP contribution >= 0.6 is 0 Å². The van der Waals surface area contributed by atoms with E-state index in [0.717, 1.165) is 30.0 Å². The average Bonchev–Trinajstić information content (AvgIpc) is 2.70. The van der Waals surface area contributed by atoms with Gasteiger partial charge in [0, 0.05) is 13.0 Å². The lowest BCUT2D eigenvalue weighted by Gasteiger charge is -2.30. The molecule has 0 saturated heterocycles. The van der Waals surface area contributed by atoms with Crippen molar-refractivity contribution in [2.45, 2.75) is 32.7 Å². The zero-order chi connectivity index (χ0) is 19.6. The molecule has 0 spiro atoms. The third-order valence-electron chi connectivity index (χ3n) is 4.84. The number of phenols is 1. The van der Waals surface area contributed by atoms with Crippen molar-refractivity contribution in [3.63, 3.8) is 0 Å². The number of amides is 1. The Bertz CT molecular complexity index is 729. The summed E-state index contributed by atoms with van der Waals surface area (Å²) >= 11 is 0. The third-order valence-corrected chi connectivity index (χ3v) is 4.84. The fourth-order valence-corrected chi connectivity index (χ4v) is 3.24. The van der Waals surface area contributed by atoms with Crippen molar-refractivity contribution in [1.82, 2.24) is 10.2 Å². The van der Waals surface area contributed by atoms with Crippen molar-refractivity contribution in [2.24, 2.45) is 0 Å². The van der Waals surface area contributed by atoms with E-state index in [4.69, 9.17) is 4.74 Å². The molecule has 2 N–H and O–H groups in total. The van der Waals surface area contributed by atoms with Crippen LogP contribution in [-0.4, -0.2) is 42.7 Å². The van der Waals surface area contributed by atoms with E-state index in [1.54, 1.807) is 19.2 Å². The van der Waals surface area contributed by atoms with Crippen LogP contribution in [-0.2, 0) is 11.2 Å². The number of aryl methyl sites for hydroxylation is 1. The summed E-state index contributed by atoms with van der Waals surface area (Å²) in [5.41, 5.74) is 1.92. The van der Waals surface area contributed by atoms with E-state index in [1.165, 1.54) is 0 Å². The molecule has 0 aliphatic heterocycles. The molecule has 0 saturated carbocycles. The lowest BCUT2D eigenvalue weighted by atomic mass is 10.0. The fourth-order valence-electron chi connectivity index (χ4n) is 3.24. The molecule has 0 heterocycles. The minimum absolute atomic E-state index is 0.0155. The quantitative estimate of drug-likeness (QED) is 0.672. The standard InChI is InChI=1S/C22H30N2O3/c1-4-24(5-2)20(18-10-8-11-19(15-18)27-3)16-23-22(26)14-13-17-9-6-7-12-21(17)25/h6-12,15,20,25H,4-5,13-14,16H2,1-3H3,(H,23,26). The number of hydrogen-bond donors (Lipinski definition) is 2. The predicted molar refractivity (Wildman–Crippen MR) is 108 cm³/mol. The molecule has 0 bridgehead atoms. The van der Waals surface area contributed by atoms with Gasteiger partial charge in [0.25, 0.3) is 0 Å². The van der Waals surface area contributed by atoms with Crippen molar-refractivity contribution in [3.05, 3.63) is 59.7 Å². The van der Waals surface area contributed by atoms with Crippen LogP contribution in [0.5, 0.6) is 11.5 Å². The van der Waals surface area contributed by atoms with Gasteiger partial charge in [0.05, 0.1) is 13.2 Å². The number of benzene rings is 2. The Morgan fingerprint density at radius 3 is 2.56 bits per heavy atom. The molecule has 0 radical (unpaired) electrons. The highest BCUT2D eigenvalue weighted by molar-refractivity contribution is 5.76. The Balaban J connectivity index is 2.00. The number of hydrogen-bond acceptors (Lipinski definition) is 4. The lowest BCUT2D eigenvalue weighted by Crippen LogP contribution is -2.38. The maximum absolute atomic E-state index is 12.3. The van der Waals surface area contributed by atoms with E-state index in [1.807, 2.05) is 30.3 Å². The molecule has 2 rings (SSSR count). The molecule has 0 aromatic heterocycles. The molecule has 1 unspecified atom stereocenters. The molecule has 1 amide bonds. The molecule has 2 aromatic carbocycles. The fraction of sp³-hybridized carbons (Fsp3) is 0.409. The summed E-state index contributed by atoms with van der Waals surface area (Å²) in [6, 6.07) is 15.2. The number of aromatic hydroxyl groups is 1. The summed E-state index contributed by atoms with van der Waals surface area (Å²) in [4.78, 5) is 14.7. The van der Waals surface area contributed by atoms with Crippen molar-refractivity contribution in [3.8, 4) is 11.5 Å². The Hall–Kier alpha value is -2.53. The van der Waals surface area contributed by atoms with E-state index in [9.17, 15) is 9.90 Å². The molecular weight excluding hydrogens is 340 g/mol. The first-order valence-corrected chi connectivity index (χ1v) is 9.50. The summed E-state index contributed by atoms with van der Waals surface area (Å²) < 4.78 is 5.35. The Morgan fingerprint density at radius 1 is 1.15 bits per heavy atom. The zero-order valence-corrected chi connectivity index (χ0v) is 16.4. The number of phenolic OH excluding ortho intramolecular Hbond substituents is 1. The van der Waals surface area contributed by atoms with E-state index in [-0.39, 0.29) is 17.7 Å². The highest BCUT2D eigenvalue weighted by Crippen LogP contribution is 2.24. The summed E-state index contributed by atoms with van der Waals surface area (Å²) in [6.07, 6.45) is 0.869. The second-order valence-corrected chi connectivity index (χ2v) is 6.45. The van der Waals surface area contributed by atoms with Crippen molar-refractivity contribution >= 4 is 5.91 Å². The number of ether oxygens (including phenoxy) is 1. The van der Waals surface area contributed by atoms with E-state index in [0.29, 0.717) is 19.4 Å². The number of rotatable bonds is 10. The van der Waals surface area contributed by atoms with Gasteiger partial charge in [0.15, 0.2) is 0 Å². The van der Waals surface area contributed by atoms with Crippen molar-refractivity contribution in [1.29, 1.82) is 0 Å². The maximum Gasteiger partial charge on any atom is 0.220 e. The maximum atomic E-state index is 12.3. The van der Waals surface area contributed by atoms with Gasteiger partial charge in [-0.15, -0.1) is 0 Å². The van der Waals surface area contributed by atoms with Crippen LogP contribution in [0.4, 0.5) is 0 Å². The first-order valence-electron chi connectivity index (χ1n) is 9.50. The van der Waals surface area contributed by atoms with Gasteiger partial charge in [-0.2, -0.15) is 0 Å². The van der Waals surface area contributed by atoms with Gasteiger partial charge in [-0.25, -0.2) is 0 Å². The number of likely N-dealkylation sites (N-methyl/N-ethyl adjacent to an activating group) is 1. The van der Waals surface area contributed by atoms with Crippen LogP contribution in [0.1, 0.15) is 37.4 Å². The van der Waals surface area contributed by atoms with Crippen LogP contribution < -0.4 is 10.1 Å². The molecule has 1 atom stereocenters. The van der Waals surface area contributed by atoms with Gasteiger partial charge < -0.3 is 15.2 Å².